The van der Waals surface area contributed by atoms with Crippen LogP contribution < -0.4 is 10.1 Å². The fourth-order valence-corrected chi connectivity index (χ4v) is 2.12. The molecule has 2 N–H and O–H groups in total. The van der Waals surface area contributed by atoms with E-state index in [1.54, 1.807) is 13.0 Å². The summed E-state index contributed by atoms with van der Waals surface area (Å²) in [4.78, 5) is 24.6. The Balaban J connectivity index is 2.87. The molecule has 0 heterocycles. The zero-order valence-electron chi connectivity index (χ0n) is 12.8. The number of nitrogens with zero attached hydrogens (tertiary/aromatic N) is 1. The summed E-state index contributed by atoms with van der Waals surface area (Å²) in [6.07, 6.45) is -0.0911. The first kappa shape index (κ1) is 16.8. The van der Waals surface area contributed by atoms with Crippen LogP contribution in [0.4, 0.5) is 10.5 Å². The molecule has 0 bridgehead atoms. The van der Waals surface area contributed by atoms with E-state index in [0.717, 1.165) is 5.56 Å². The highest BCUT2D eigenvalue weighted by molar-refractivity contribution is 5.91. The van der Waals surface area contributed by atoms with Gasteiger partial charge in [0, 0.05) is 12.6 Å². The normalized spacial score (nSPS) is 11.6. The van der Waals surface area contributed by atoms with Crippen LogP contribution in [0.1, 0.15) is 25.8 Å². The Kier molecular flexibility index (Phi) is 6.02. The molecule has 0 fully saturated rings. The van der Waals surface area contributed by atoms with Gasteiger partial charge >= 0.3 is 12.0 Å². The standard InChI is InChI=1S/C15H22N2O4/c1-5-17(11(3)9-14(18)19)15(20)16-12-8-10(2)6-7-13(12)21-4/h6-8,11H,5,9H2,1-4H3,(H,16,20)(H,18,19). The van der Waals surface area contributed by atoms with Gasteiger partial charge in [0.25, 0.3) is 0 Å². The Labute approximate surface area is 124 Å². The summed E-state index contributed by atoms with van der Waals surface area (Å²) >= 11 is 0. The Morgan fingerprint density at radius 2 is 2.10 bits per heavy atom. The topological polar surface area (TPSA) is 78.9 Å². The number of hydrogen-bond acceptors (Lipinski definition) is 3. The number of amides is 2. The van der Waals surface area contributed by atoms with Gasteiger partial charge in [0.15, 0.2) is 0 Å². The predicted octanol–water partition coefficient (Wildman–Crippen LogP) is 2.72. The SMILES string of the molecule is CCN(C(=O)Nc1cc(C)ccc1OC)C(C)CC(=O)O. The summed E-state index contributed by atoms with van der Waals surface area (Å²) in [5.41, 5.74) is 1.57. The van der Waals surface area contributed by atoms with Gasteiger partial charge in [0.1, 0.15) is 5.75 Å². The number of methoxy groups -OCH3 is 1. The van der Waals surface area contributed by atoms with E-state index in [1.807, 2.05) is 26.0 Å². The van der Waals surface area contributed by atoms with Gasteiger partial charge in [-0.2, -0.15) is 0 Å². The molecule has 21 heavy (non-hydrogen) atoms. The average Bonchev–Trinajstić information content (AvgIpc) is 2.38. The van der Waals surface area contributed by atoms with E-state index in [4.69, 9.17) is 9.84 Å². The lowest BCUT2D eigenvalue weighted by Gasteiger charge is -2.27. The first-order chi connectivity index (χ1) is 9.88. The minimum Gasteiger partial charge on any atom is -0.495 e. The molecule has 116 valence electrons. The molecule has 6 heteroatoms. The van der Waals surface area contributed by atoms with E-state index in [0.29, 0.717) is 18.0 Å². The molecular weight excluding hydrogens is 272 g/mol. The number of urea groups is 1. The lowest BCUT2D eigenvalue weighted by Crippen LogP contribution is -2.42. The monoisotopic (exact) mass is 294 g/mol. The van der Waals surface area contributed by atoms with Crippen molar-refractivity contribution in [2.45, 2.75) is 33.2 Å². The highest BCUT2D eigenvalue weighted by atomic mass is 16.5. The summed E-state index contributed by atoms with van der Waals surface area (Å²) in [6, 6.07) is 4.76. The number of benzene rings is 1. The van der Waals surface area contributed by atoms with Gasteiger partial charge < -0.3 is 20.1 Å². The number of anilines is 1. The molecule has 2 amide bonds. The molecule has 0 radical (unpaired) electrons. The fraction of sp³-hybridized carbons (Fsp3) is 0.467. The highest BCUT2D eigenvalue weighted by Crippen LogP contribution is 2.25. The van der Waals surface area contributed by atoms with Crippen LogP contribution in [0.15, 0.2) is 18.2 Å². The molecule has 0 spiro atoms. The second kappa shape index (κ2) is 7.52. The molecule has 0 saturated heterocycles. The maximum Gasteiger partial charge on any atom is 0.322 e. The minimum absolute atomic E-state index is 0.0911. The lowest BCUT2D eigenvalue weighted by atomic mass is 10.2. The number of carboxylic acids is 1. The summed E-state index contributed by atoms with van der Waals surface area (Å²) in [5.74, 6) is -0.363. The smallest absolute Gasteiger partial charge is 0.322 e. The molecule has 0 aromatic heterocycles. The number of carbonyl (C=O) groups is 2. The van der Waals surface area contributed by atoms with Gasteiger partial charge in [-0.05, 0) is 38.5 Å². The fourth-order valence-electron chi connectivity index (χ4n) is 2.12. The molecule has 6 nitrogen and oxygen atoms in total. The summed E-state index contributed by atoms with van der Waals surface area (Å²) in [7, 11) is 1.53. The first-order valence-corrected chi connectivity index (χ1v) is 6.83. The lowest BCUT2D eigenvalue weighted by molar-refractivity contribution is -0.137. The zero-order chi connectivity index (χ0) is 16.0. The zero-order valence-corrected chi connectivity index (χ0v) is 12.8. The molecule has 1 unspecified atom stereocenters. The molecule has 1 aromatic carbocycles. The third kappa shape index (κ3) is 4.66. The van der Waals surface area contributed by atoms with Gasteiger partial charge in [0.2, 0.25) is 0 Å². The molecule has 1 rings (SSSR count). The van der Waals surface area contributed by atoms with Crippen molar-refractivity contribution < 1.29 is 19.4 Å². The van der Waals surface area contributed by atoms with Crippen LogP contribution in [0.25, 0.3) is 0 Å². The van der Waals surface area contributed by atoms with Crippen molar-refractivity contribution in [3.8, 4) is 5.75 Å². The van der Waals surface area contributed by atoms with Gasteiger partial charge in [-0.3, -0.25) is 4.79 Å². The van der Waals surface area contributed by atoms with Gasteiger partial charge in [-0.1, -0.05) is 6.07 Å². The van der Waals surface area contributed by atoms with E-state index in [-0.39, 0.29) is 18.5 Å². The summed E-state index contributed by atoms with van der Waals surface area (Å²) < 4.78 is 5.21. The van der Waals surface area contributed by atoms with E-state index in [1.165, 1.54) is 12.0 Å². The third-order valence-electron chi connectivity index (χ3n) is 3.20. The van der Waals surface area contributed by atoms with E-state index < -0.39 is 5.97 Å². The molecule has 0 saturated carbocycles. The highest BCUT2D eigenvalue weighted by Gasteiger charge is 2.21. The number of carboxylic acid groups (broad SMARTS) is 1. The third-order valence-corrected chi connectivity index (χ3v) is 3.20. The Hall–Kier alpha value is -2.24. The second-order valence-corrected chi connectivity index (χ2v) is 4.87. The van der Waals surface area contributed by atoms with Crippen molar-refractivity contribution in [2.75, 3.05) is 19.0 Å². The maximum absolute atomic E-state index is 12.3. The minimum atomic E-state index is -0.929. The van der Waals surface area contributed by atoms with Crippen LogP contribution in [-0.4, -0.2) is 41.7 Å². The Bertz CT molecular complexity index is 516. The summed E-state index contributed by atoms with van der Waals surface area (Å²) in [5, 5.41) is 11.6. The number of aliphatic carboxylic acids is 1. The number of ether oxygens (including phenoxy) is 1. The number of aryl methyl sites for hydroxylation is 1. The van der Waals surface area contributed by atoms with Crippen molar-refractivity contribution in [3.05, 3.63) is 23.8 Å². The van der Waals surface area contributed by atoms with Crippen LogP contribution in [0.2, 0.25) is 0 Å². The Morgan fingerprint density at radius 3 is 2.62 bits per heavy atom. The first-order valence-electron chi connectivity index (χ1n) is 6.83. The molecule has 1 aromatic rings. The number of nitrogens with one attached hydrogen (secondary N) is 1. The molecular formula is C15H22N2O4. The number of carbonyl (C=O) groups excluding carboxylic acids is 1. The van der Waals surface area contributed by atoms with Crippen molar-refractivity contribution in [3.63, 3.8) is 0 Å². The van der Waals surface area contributed by atoms with Crippen LogP contribution in [0.3, 0.4) is 0 Å². The second-order valence-electron chi connectivity index (χ2n) is 4.87. The van der Waals surface area contributed by atoms with Gasteiger partial charge in [0.05, 0.1) is 19.2 Å². The average molecular weight is 294 g/mol. The van der Waals surface area contributed by atoms with E-state index in [9.17, 15) is 9.59 Å². The molecule has 1 atom stereocenters. The van der Waals surface area contributed by atoms with Crippen LogP contribution in [0, 0.1) is 6.92 Å². The van der Waals surface area contributed by atoms with Crippen molar-refractivity contribution in [2.24, 2.45) is 0 Å². The molecule has 0 aliphatic rings. The van der Waals surface area contributed by atoms with Crippen molar-refractivity contribution >= 4 is 17.7 Å². The quantitative estimate of drug-likeness (QED) is 0.845. The maximum atomic E-state index is 12.3. The Morgan fingerprint density at radius 1 is 1.43 bits per heavy atom. The van der Waals surface area contributed by atoms with E-state index >= 15 is 0 Å². The summed E-state index contributed by atoms with van der Waals surface area (Å²) in [6.45, 7) is 5.87. The van der Waals surface area contributed by atoms with Crippen LogP contribution in [-0.2, 0) is 4.79 Å². The van der Waals surface area contributed by atoms with Crippen molar-refractivity contribution in [1.82, 2.24) is 4.90 Å². The predicted molar refractivity (Wildman–Crippen MR) is 80.8 cm³/mol. The molecule has 0 aliphatic heterocycles. The van der Waals surface area contributed by atoms with Gasteiger partial charge in [-0.25, -0.2) is 4.79 Å². The van der Waals surface area contributed by atoms with E-state index in [2.05, 4.69) is 5.32 Å². The molecule has 0 aliphatic carbocycles. The van der Waals surface area contributed by atoms with Gasteiger partial charge in [-0.15, -0.1) is 0 Å². The number of hydrogen-bond donors (Lipinski definition) is 2. The van der Waals surface area contributed by atoms with Crippen LogP contribution >= 0.6 is 0 Å². The number of rotatable bonds is 6. The largest absolute Gasteiger partial charge is 0.495 e. The van der Waals surface area contributed by atoms with Crippen molar-refractivity contribution in [1.29, 1.82) is 0 Å². The van der Waals surface area contributed by atoms with Crippen LogP contribution in [0.5, 0.6) is 5.75 Å².